The van der Waals surface area contributed by atoms with Crippen LogP contribution in [0.15, 0.2) is 18.2 Å². The molecule has 0 unspecified atom stereocenters. The van der Waals surface area contributed by atoms with Gasteiger partial charge in [-0.25, -0.2) is 4.79 Å². The van der Waals surface area contributed by atoms with E-state index in [1.807, 2.05) is 6.07 Å². The first-order valence-corrected chi connectivity index (χ1v) is 9.41. The van der Waals surface area contributed by atoms with Crippen LogP contribution in [0.4, 0.5) is 4.79 Å². The van der Waals surface area contributed by atoms with Gasteiger partial charge in [0, 0.05) is 13.0 Å². The van der Waals surface area contributed by atoms with Gasteiger partial charge in [0.25, 0.3) is 0 Å². The minimum absolute atomic E-state index is 0.0270. The van der Waals surface area contributed by atoms with Crippen molar-refractivity contribution in [2.24, 2.45) is 0 Å². The van der Waals surface area contributed by atoms with Crippen molar-refractivity contribution in [1.29, 1.82) is 0 Å². The molecule has 0 fully saturated rings. The van der Waals surface area contributed by atoms with Crippen molar-refractivity contribution in [3.05, 3.63) is 27.3 Å². The number of amides is 2. The third kappa shape index (κ3) is 8.94. The Kier molecular flexibility index (Phi) is 8.80. The number of rotatable bonds is 8. The summed E-state index contributed by atoms with van der Waals surface area (Å²) in [5.41, 5.74) is 0.110. The van der Waals surface area contributed by atoms with E-state index >= 15 is 0 Å². The Morgan fingerprint density at radius 1 is 1.26 bits per heavy atom. The van der Waals surface area contributed by atoms with Gasteiger partial charge >= 0.3 is 12.1 Å². The number of nitrogens with one attached hydrogen (secondary N) is 2. The topological polar surface area (TPSA) is 114 Å². The van der Waals surface area contributed by atoms with Crippen LogP contribution in [0, 0.1) is 3.57 Å². The lowest BCUT2D eigenvalue weighted by Crippen LogP contribution is -2.49. The summed E-state index contributed by atoms with van der Waals surface area (Å²) in [4.78, 5) is 35.1. The number of hydrogen-bond donors (Lipinski definition) is 3. The highest BCUT2D eigenvalue weighted by Crippen LogP contribution is 2.22. The molecule has 2 amide bonds. The van der Waals surface area contributed by atoms with Crippen LogP contribution in [0.2, 0.25) is 0 Å². The maximum atomic E-state index is 12.4. The van der Waals surface area contributed by atoms with E-state index < -0.39 is 29.6 Å². The molecule has 0 bridgehead atoms. The van der Waals surface area contributed by atoms with E-state index in [4.69, 9.17) is 14.6 Å². The molecule has 0 aliphatic heterocycles. The summed E-state index contributed by atoms with van der Waals surface area (Å²) in [5.74, 6) is -0.786. The monoisotopic (exact) mass is 492 g/mol. The van der Waals surface area contributed by atoms with Gasteiger partial charge in [-0.3, -0.25) is 9.59 Å². The molecule has 1 aromatic rings. The molecule has 0 radical (unpaired) electrons. The Labute approximate surface area is 172 Å². The average Bonchev–Trinajstić information content (AvgIpc) is 2.52. The molecular formula is C18H25IN2O6. The molecule has 0 heterocycles. The van der Waals surface area contributed by atoms with Gasteiger partial charge in [-0.1, -0.05) is 6.07 Å². The van der Waals surface area contributed by atoms with Crippen molar-refractivity contribution in [2.45, 2.75) is 45.3 Å². The van der Waals surface area contributed by atoms with Gasteiger partial charge in [-0.05, 0) is 61.1 Å². The standard InChI is InChI=1S/C18H25IN2O6/c1-18(2,3)27-17(25)21-13(16(24)20-8-7-15(22)23)10-11-5-6-14(26-4)12(19)9-11/h5-6,9,13H,7-8,10H2,1-4H3,(H,20,24)(H,21,25)(H,22,23)/t13-/m0/s1. The predicted octanol–water partition coefficient (Wildman–Crippen LogP) is 2.33. The lowest BCUT2D eigenvalue weighted by atomic mass is 10.0. The number of carboxylic acids is 1. The fraction of sp³-hybridized carbons (Fsp3) is 0.500. The van der Waals surface area contributed by atoms with Crippen LogP contribution in [0.25, 0.3) is 0 Å². The smallest absolute Gasteiger partial charge is 0.408 e. The van der Waals surface area contributed by atoms with Crippen molar-refractivity contribution >= 4 is 40.6 Å². The maximum absolute atomic E-state index is 12.4. The minimum Gasteiger partial charge on any atom is -0.496 e. The molecule has 1 atom stereocenters. The third-order valence-electron chi connectivity index (χ3n) is 3.30. The molecule has 27 heavy (non-hydrogen) atoms. The summed E-state index contributed by atoms with van der Waals surface area (Å²) >= 11 is 2.12. The van der Waals surface area contributed by atoms with Gasteiger partial charge in [0.05, 0.1) is 17.1 Å². The van der Waals surface area contributed by atoms with Crippen LogP contribution in [0.3, 0.4) is 0 Å². The molecule has 8 nitrogen and oxygen atoms in total. The maximum Gasteiger partial charge on any atom is 0.408 e. The van der Waals surface area contributed by atoms with Gasteiger partial charge in [0.2, 0.25) is 5.91 Å². The Balaban J connectivity index is 2.88. The Morgan fingerprint density at radius 2 is 1.93 bits per heavy atom. The molecule has 0 saturated heterocycles. The Bertz CT molecular complexity index is 687. The number of ether oxygens (including phenoxy) is 2. The van der Waals surface area contributed by atoms with Crippen molar-refractivity contribution in [1.82, 2.24) is 10.6 Å². The molecule has 9 heteroatoms. The van der Waals surface area contributed by atoms with E-state index in [-0.39, 0.29) is 19.4 Å². The van der Waals surface area contributed by atoms with E-state index in [2.05, 4.69) is 33.2 Å². The molecule has 0 aliphatic rings. The van der Waals surface area contributed by atoms with Crippen LogP contribution < -0.4 is 15.4 Å². The second-order valence-corrected chi connectivity index (χ2v) is 7.97. The van der Waals surface area contributed by atoms with Crippen LogP contribution in [-0.2, 0) is 20.7 Å². The summed E-state index contributed by atoms with van der Waals surface area (Å²) in [6, 6.07) is 4.53. The van der Waals surface area contributed by atoms with Crippen LogP contribution in [0.5, 0.6) is 5.75 Å². The quantitative estimate of drug-likeness (QED) is 0.481. The lowest BCUT2D eigenvalue weighted by molar-refractivity contribution is -0.137. The number of methoxy groups -OCH3 is 1. The second-order valence-electron chi connectivity index (χ2n) is 6.81. The van der Waals surface area contributed by atoms with Crippen LogP contribution >= 0.6 is 22.6 Å². The van der Waals surface area contributed by atoms with Gasteiger partial charge in [-0.15, -0.1) is 0 Å². The Hall–Kier alpha value is -2.04. The lowest BCUT2D eigenvalue weighted by Gasteiger charge is -2.23. The van der Waals surface area contributed by atoms with Crippen molar-refractivity contribution in [2.75, 3.05) is 13.7 Å². The van der Waals surface area contributed by atoms with Crippen LogP contribution in [-0.4, -0.2) is 48.4 Å². The first-order chi connectivity index (χ1) is 12.5. The molecule has 0 saturated carbocycles. The number of alkyl carbamates (subject to hydrolysis) is 1. The zero-order valence-electron chi connectivity index (χ0n) is 15.8. The SMILES string of the molecule is COc1ccc(C[C@H](NC(=O)OC(C)(C)C)C(=O)NCCC(=O)O)cc1I. The summed E-state index contributed by atoms with van der Waals surface area (Å²) in [6.07, 6.45) is -0.701. The third-order valence-corrected chi connectivity index (χ3v) is 4.14. The Morgan fingerprint density at radius 3 is 2.44 bits per heavy atom. The predicted molar refractivity (Wildman–Crippen MR) is 108 cm³/mol. The fourth-order valence-electron chi connectivity index (χ4n) is 2.15. The molecule has 0 aliphatic carbocycles. The summed E-state index contributed by atoms with van der Waals surface area (Å²) in [7, 11) is 1.57. The van der Waals surface area contributed by atoms with Gasteiger partial charge in [0.1, 0.15) is 17.4 Å². The molecule has 1 aromatic carbocycles. The van der Waals surface area contributed by atoms with E-state index in [1.165, 1.54) is 0 Å². The molecule has 3 N–H and O–H groups in total. The largest absolute Gasteiger partial charge is 0.496 e. The normalized spacial score (nSPS) is 12.0. The molecule has 150 valence electrons. The summed E-state index contributed by atoms with van der Waals surface area (Å²) in [6.45, 7) is 5.14. The number of carboxylic acid groups (broad SMARTS) is 1. The van der Waals surface area contributed by atoms with Crippen molar-refractivity contribution in [3.8, 4) is 5.75 Å². The average molecular weight is 492 g/mol. The number of carbonyl (C=O) groups is 3. The zero-order chi connectivity index (χ0) is 20.6. The zero-order valence-corrected chi connectivity index (χ0v) is 18.0. The van der Waals surface area contributed by atoms with Crippen molar-refractivity contribution in [3.63, 3.8) is 0 Å². The highest BCUT2D eigenvalue weighted by Gasteiger charge is 2.25. The number of halogens is 1. The van der Waals surface area contributed by atoms with E-state index in [0.29, 0.717) is 5.75 Å². The van der Waals surface area contributed by atoms with Gasteiger partial charge < -0.3 is 25.2 Å². The summed E-state index contributed by atoms with van der Waals surface area (Å²) < 4.78 is 11.3. The summed E-state index contributed by atoms with van der Waals surface area (Å²) in [5, 5.41) is 13.8. The highest BCUT2D eigenvalue weighted by molar-refractivity contribution is 14.1. The first kappa shape index (κ1) is 23.0. The van der Waals surface area contributed by atoms with Gasteiger partial charge in [0.15, 0.2) is 0 Å². The fourth-order valence-corrected chi connectivity index (χ4v) is 2.95. The van der Waals surface area contributed by atoms with Crippen molar-refractivity contribution < 1.29 is 29.0 Å². The first-order valence-electron chi connectivity index (χ1n) is 8.33. The highest BCUT2D eigenvalue weighted by atomic mass is 127. The number of aliphatic carboxylic acids is 1. The molecule has 0 aromatic heterocycles. The number of benzene rings is 1. The van der Waals surface area contributed by atoms with E-state index in [1.54, 1.807) is 40.0 Å². The minimum atomic E-state index is -1.02. The second kappa shape index (κ2) is 10.3. The molecule has 0 spiro atoms. The molecular weight excluding hydrogens is 467 g/mol. The van der Waals surface area contributed by atoms with Gasteiger partial charge in [-0.2, -0.15) is 0 Å². The van der Waals surface area contributed by atoms with E-state index in [9.17, 15) is 14.4 Å². The molecule has 1 rings (SSSR count). The van der Waals surface area contributed by atoms with Crippen LogP contribution in [0.1, 0.15) is 32.8 Å². The van der Waals surface area contributed by atoms with E-state index in [0.717, 1.165) is 9.13 Å². The number of hydrogen-bond acceptors (Lipinski definition) is 5. The number of carbonyl (C=O) groups excluding carboxylic acids is 2.